The second kappa shape index (κ2) is 6.54. The van der Waals surface area contributed by atoms with E-state index in [0.717, 1.165) is 5.56 Å². The second-order valence-corrected chi connectivity index (χ2v) is 4.84. The summed E-state index contributed by atoms with van der Waals surface area (Å²) in [6.07, 6.45) is 0. The van der Waals surface area contributed by atoms with E-state index < -0.39 is 0 Å². The first kappa shape index (κ1) is 13.8. The molecule has 98 valence electrons. The minimum Gasteiger partial charge on any atom is -0.358 e. The van der Waals surface area contributed by atoms with Crippen molar-refractivity contribution in [3.63, 3.8) is 0 Å². The summed E-state index contributed by atoms with van der Waals surface area (Å²) in [6, 6.07) is 14.2. The number of hydrogen-bond donors (Lipinski definition) is 3. The summed E-state index contributed by atoms with van der Waals surface area (Å²) < 4.78 is 12.9. The van der Waals surface area contributed by atoms with E-state index in [-0.39, 0.29) is 5.82 Å². The Morgan fingerprint density at radius 3 is 2.58 bits per heavy atom. The van der Waals surface area contributed by atoms with Crippen molar-refractivity contribution in [2.75, 3.05) is 5.32 Å². The number of hydrogen-bond acceptors (Lipinski definition) is 2. The quantitative estimate of drug-likeness (QED) is 0.595. The molecule has 19 heavy (non-hydrogen) atoms. The Morgan fingerprint density at radius 1 is 1.16 bits per heavy atom. The number of benzene rings is 2. The normalized spacial score (nSPS) is 10.0. The van der Waals surface area contributed by atoms with Crippen molar-refractivity contribution in [1.29, 1.82) is 0 Å². The zero-order valence-corrected chi connectivity index (χ0v) is 11.8. The Bertz CT molecular complexity index is 573. The topological polar surface area (TPSA) is 24.1 Å². The first-order chi connectivity index (χ1) is 9.15. The zero-order chi connectivity index (χ0) is 13.7. The first-order valence-electron chi connectivity index (χ1n) is 5.72. The van der Waals surface area contributed by atoms with E-state index in [2.05, 4.69) is 23.3 Å². The van der Waals surface area contributed by atoms with Gasteiger partial charge < -0.3 is 10.6 Å². The molecule has 2 aromatic rings. The van der Waals surface area contributed by atoms with Crippen molar-refractivity contribution in [2.24, 2.45) is 0 Å². The maximum Gasteiger partial charge on any atom is 0.171 e. The lowest BCUT2D eigenvalue weighted by Crippen LogP contribution is -2.28. The van der Waals surface area contributed by atoms with Crippen LogP contribution >= 0.6 is 24.8 Å². The van der Waals surface area contributed by atoms with Gasteiger partial charge in [0.2, 0.25) is 0 Å². The lowest BCUT2D eigenvalue weighted by Gasteiger charge is -2.12. The van der Waals surface area contributed by atoms with E-state index in [9.17, 15) is 4.39 Å². The highest BCUT2D eigenvalue weighted by Gasteiger charge is 2.03. The van der Waals surface area contributed by atoms with E-state index in [0.29, 0.717) is 22.2 Å². The SMILES string of the molecule is Fc1ccc(NC(=S)NCc2ccccc2)c(S)c1. The van der Waals surface area contributed by atoms with Crippen LogP contribution in [0.2, 0.25) is 0 Å². The third kappa shape index (κ3) is 4.22. The van der Waals surface area contributed by atoms with Crippen molar-refractivity contribution in [2.45, 2.75) is 11.4 Å². The largest absolute Gasteiger partial charge is 0.358 e. The highest BCUT2D eigenvalue weighted by atomic mass is 32.1. The summed E-state index contributed by atoms with van der Waals surface area (Å²) in [6.45, 7) is 0.635. The van der Waals surface area contributed by atoms with E-state index in [1.54, 1.807) is 6.07 Å². The Morgan fingerprint density at radius 2 is 1.89 bits per heavy atom. The summed E-state index contributed by atoms with van der Waals surface area (Å²) >= 11 is 9.37. The summed E-state index contributed by atoms with van der Waals surface area (Å²) in [5, 5.41) is 6.54. The zero-order valence-electron chi connectivity index (χ0n) is 10.1. The number of halogens is 1. The molecule has 5 heteroatoms. The van der Waals surface area contributed by atoms with Crippen molar-refractivity contribution < 1.29 is 4.39 Å². The molecule has 0 aliphatic rings. The fourth-order valence-corrected chi connectivity index (χ4v) is 1.99. The molecule has 0 aromatic heterocycles. The molecule has 0 spiro atoms. The third-order valence-electron chi connectivity index (χ3n) is 2.50. The minimum atomic E-state index is -0.321. The van der Waals surface area contributed by atoms with Gasteiger partial charge in [-0.05, 0) is 36.0 Å². The van der Waals surface area contributed by atoms with Gasteiger partial charge in [0.1, 0.15) is 5.82 Å². The van der Waals surface area contributed by atoms with E-state index in [1.807, 2.05) is 30.3 Å². The smallest absolute Gasteiger partial charge is 0.171 e. The van der Waals surface area contributed by atoms with E-state index in [4.69, 9.17) is 12.2 Å². The molecule has 0 heterocycles. The number of thiocarbonyl (C=S) groups is 1. The molecule has 2 nitrogen and oxygen atoms in total. The molecule has 0 aliphatic carbocycles. The van der Waals surface area contributed by atoms with Crippen molar-refractivity contribution in [3.05, 3.63) is 59.9 Å². The monoisotopic (exact) mass is 292 g/mol. The van der Waals surface area contributed by atoms with Gasteiger partial charge in [-0.15, -0.1) is 12.6 Å². The van der Waals surface area contributed by atoms with Crippen LogP contribution in [0.5, 0.6) is 0 Å². The number of anilines is 1. The van der Waals surface area contributed by atoms with Crippen LogP contribution in [0.1, 0.15) is 5.56 Å². The first-order valence-corrected chi connectivity index (χ1v) is 6.58. The molecule has 2 aromatic carbocycles. The molecule has 0 bridgehead atoms. The van der Waals surface area contributed by atoms with Crippen LogP contribution < -0.4 is 10.6 Å². The molecule has 0 atom stereocenters. The summed E-state index contributed by atoms with van der Waals surface area (Å²) in [4.78, 5) is 0.517. The molecule has 2 N–H and O–H groups in total. The maximum atomic E-state index is 12.9. The van der Waals surface area contributed by atoms with Crippen LogP contribution in [-0.2, 0) is 6.54 Å². The van der Waals surface area contributed by atoms with Gasteiger partial charge in [0, 0.05) is 11.4 Å². The third-order valence-corrected chi connectivity index (χ3v) is 3.12. The molecular weight excluding hydrogens is 279 g/mol. The van der Waals surface area contributed by atoms with Crippen molar-refractivity contribution >= 4 is 35.6 Å². The number of rotatable bonds is 3. The van der Waals surface area contributed by atoms with Gasteiger partial charge in [0.15, 0.2) is 5.11 Å². The fraction of sp³-hybridized carbons (Fsp3) is 0.0714. The lowest BCUT2D eigenvalue weighted by molar-refractivity contribution is 0.624. The lowest BCUT2D eigenvalue weighted by atomic mass is 10.2. The average molecular weight is 292 g/mol. The highest BCUT2D eigenvalue weighted by molar-refractivity contribution is 7.81. The standard InChI is InChI=1S/C14H13FN2S2/c15-11-6-7-12(13(18)8-11)17-14(19)16-9-10-4-2-1-3-5-10/h1-8,18H,9H2,(H2,16,17,19). The molecule has 0 saturated heterocycles. The predicted molar refractivity (Wildman–Crippen MR) is 83.2 cm³/mol. The molecular formula is C14H13FN2S2. The molecule has 0 unspecified atom stereocenters. The predicted octanol–water partition coefficient (Wildman–Crippen LogP) is 3.60. The van der Waals surface area contributed by atoms with Gasteiger partial charge in [-0.25, -0.2) is 4.39 Å². The molecule has 2 rings (SSSR count). The second-order valence-electron chi connectivity index (χ2n) is 3.95. The van der Waals surface area contributed by atoms with Crippen LogP contribution in [-0.4, -0.2) is 5.11 Å². The molecule has 0 radical (unpaired) electrons. The molecule has 0 amide bonds. The maximum absolute atomic E-state index is 12.9. The number of nitrogens with one attached hydrogen (secondary N) is 2. The van der Waals surface area contributed by atoms with Gasteiger partial charge in [-0.3, -0.25) is 0 Å². The van der Waals surface area contributed by atoms with Crippen molar-refractivity contribution in [3.8, 4) is 0 Å². The van der Waals surface area contributed by atoms with Crippen LogP contribution in [0.15, 0.2) is 53.4 Å². The number of thiol groups is 1. The van der Waals surface area contributed by atoms with Crippen LogP contribution in [0.4, 0.5) is 10.1 Å². The van der Waals surface area contributed by atoms with Crippen LogP contribution in [0.25, 0.3) is 0 Å². The average Bonchev–Trinajstić information content (AvgIpc) is 2.41. The summed E-state index contributed by atoms with van der Waals surface area (Å²) in [5.74, 6) is -0.321. The Kier molecular flexibility index (Phi) is 4.76. The van der Waals surface area contributed by atoms with Gasteiger partial charge in [-0.2, -0.15) is 0 Å². The minimum absolute atomic E-state index is 0.321. The highest BCUT2D eigenvalue weighted by Crippen LogP contribution is 2.20. The summed E-state index contributed by atoms with van der Waals surface area (Å²) in [5.41, 5.74) is 1.81. The van der Waals surface area contributed by atoms with Gasteiger partial charge in [0.25, 0.3) is 0 Å². The Hall–Kier alpha value is -1.59. The Balaban J connectivity index is 1.91. The van der Waals surface area contributed by atoms with Gasteiger partial charge in [-0.1, -0.05) is 30.3 Å². The fourth-order valence-electron chi connectivity index (χ4n) is 1.56. The Labute approximate surface area is 122 Å². The van der Waals surface area contributed by atoms with Gasteiger partial charge >= 0.3 is 0 Å². The summed E-state index contributed by atoms with van der Waals surface area (Å²) in [7, 11) is 0. The molecule has 0 fully saturated rings. The van der Waals surface area contributed by atoms with Crippen molar-refractivity contribution in [1.82, 2.24) is 5.32 Å². The molecule has 0 saturated carbocycles. The van der Waals surface area contributed by atoms with Crippen LogP contribution in [0, 0.1) is 5.82 Å². The van der Waals surface area contributed by atoms with Gasteiger partial charge in [0.05, 0.1) is 5.69 Å². The van der Waals surface area contributed by atoms with E-state index in [1.165, 1.54) is 12.1 Å². The molecule has 0 aliphatic heterocycles. The van der Waals surface area contributed by atoms with Crippen LogP contribution in [0.3, 0.4) is 0 Å². The van der Waals surface area contributed by atoms with E-state index >= 15 is 0 Å².